The van der Waals surface area contributed by atoms with Crippen LogP contribution in [0.15, 0.2) is 46.8 Å². The maximum absolute atomic E-state index is 11.6. The van der Waals surface area contributed by atoms with E-state index in [9.17, 15) is 8.42 Å². The first-order valence-corrected chi connectivity index (χ1v) is 12.7. The van der Waals surface area contributed by atoms with E-state index in [1.54, 1.807) is 13.1 Å². The number of hydrogen-bond acceptors (Lipinski definition) is 4. The van der Waals surface area contributed by atoms with Crippen molar-refractivity contribution in [3.8, 4) is 0 Å². The Morgan fingerprint density at radius 2 is 1.86 bits per heavy atom. The number of nitrogens with one attached hydrogen (secondary N) is 3. The minimum Gasteiger partial charge on any atom is -0.355 e. The quantitative estimate of drug-likeness (QED) is 0.458. The molecule has 2 aromatic rings. The lowest BCUT2D eigenvalue weighted by molar-refractivity contribution is 0.296. The number of benzene rings is 1. The van der Waals surface area contributed by atoms with Crippen LogP contribution in [0.1, 0.15) is 42.5 Å². The third-order valence-electron chi connectivity index (χ3n) is 5.43. The summed E-state index contributed by atoms with van der Waals surface area (Å²) in [5, 5.41) is 8.99. The Kier molecular flexibility index (Phi) is 7.18. The number of rotatable bonds is 7. The Hall–Kier alpha value is -2.06. The molecule has 8 heteroatoms. The van der Waals surface area contributed by atoms with E-state index < -0.39 is 10.0 Å². The minimum atomic E-state index is -3.32. The molecule has 158 valence electrons. The highest BCUT2D eigenvalue weighted by Crippen LogP contribution is 2.41. The third-order valence-corrected chi connectivity index (χ3v) is 7.14. The van der Waals surface area contributed by atoms with Gasteiger partial charge in [0.05, 0.1) is 11.9 Å². The molecule has 3 rings (SSSR count). The summed E-state index contributed by atoms with van der Waals surface area (Å²) in [7, 11) is -1.57. The number of hydrogen-bond donors (Lipinski definition) is 3. The molecule has 0 aliphatic heterocycles. The summed E-state index contributed by atoms with van der Waals surface area (Å²) in [6.45, 7) is 1.32. The molecule has 3 N–H and O–H groups in total. The second-order valence-corrected chi connectivity index (χ2v) is 10.3. The molecule has 6 nitrogen and oxygen atoms in total. The van der Waals surface area contributed by atoms with Crippen molar-refractivity contribution >= 4 is 33.0 Å². The van der Waals surface area contributed by atoms with E-state index in [1.807, 2.05) is 29.5 Å². The summed E-state index contributed by atoms with van der Waals surface area (Å²) < 4.78 is 25.8. The highest BCUT2D eigenvalue weighted by molar-refractivity contribution is 7.92. The van der Waals surface area contributed by atoms with E-state index in [-0.39, 0.29) is 5.41 Å². The zero-order chi connectivity index (χ0) is 20.7. The minimum absolute atomic E-state index is 0.166. The number of aliphatic imine (C=N–C) groups is 1. The maximum Gasteiger partial charge on any atom is 0.229 e. The zero-order valence-corrected chi connectivity index (χ0v) is 18.7. The maximum atomic E-state index is 11.6. The van der Waals surface area contributed by atoms with Crippen molar-refractivity contribution < 1.29 is 8.42 Å². The van der Waals surface area contributed by atoms with E-state index in [4.69, 9.17) is 0 Å². The van der Waals surface area contributed by atoms with Gasteiger partial charge in [-0.2, -0.15) is 0 Å². The molecule has 1 aromatic heterocycles. The first-order valence-electron chi connectivity index (χ1n) is 9.96. The van der Waals surface area contributed by atoms with E-state index in [1.165, 1.54) is 37.0 Å². The van der Waals surface area contributed by atoms with Crippen molar-refractivity contribution in [2.45, 2.75) is 44.1 Å². The lowest BCUT2D eigenvalue weighted by Crippen LogP contribution is -2.46. The molecule has 1 heterocycles. The summed E-state index contributed by atoms with van der Waals surface area (Å²) >= 11 is 1.84. The molecule has 0 saturated heterocycles. The normalized spacial score (nSPS) is 17.0. The van der Waals surface area contributed by atoms with Crippen LogP contribution in [0.5, 0.6) is 0 Å². The van der Waals surface area contributed by atoms with Crippen LogP contribution in [-0.4, -0.2) is 34.2 Å². The van der Waals surface area contributed by atoms with Crippen LogP contribution in [-0.2, 0) is 22.0 Å². The van der Waals surface area contributed by atoms with Crippen molar-refractivity contribution in [2.24, 2.45) is 4.99 Å². The van der Waals surface area contributed by atoms with Crippen LogP contribution in [0, 0.1) is 0 Å². The zero-order valence-electron chi connectivity index (χ0n) is 17.1. The first kappa shape index (κ1) is 21.6. The topological polar surface area (TPSA) is 82.6 Å². The summed E-state index contributed by atoms with van der Waals surface area (Å²) in [5.41, 5.74) is 1.62. The van der Waals surface area contributed by atoms with Gasteiger partial charge in [-0.15, -0.1) is 11.3 Å². The molecule has 0 spiro atoms. The molecule has 1 aliphatic rings. The molecule has 1 aliphatic carbocycles. The summed E-state index contributed by atoms with van der Waals surface area (Å²) in [5.74, 6) is 0.723. The second kappa shape index (κ2) is 9.63. The summed E-state index contributed by atoms with van der Waals surface area (Å²) in [6, 6.07) is 11.8. The van der Waals surface area contributed by atoms with Gasteiger partial charge in [0.2, 0.25) is 10.0 Å². The summed E-state index contributed by atoms with van der Waals surface area (Å²) in [6.07, 6.45) is 7.37. The smallest absolute Gasteiger partial charge is 0.229 e. The fourth-order valence-corrected chi connectivity index (χ4v) is 5.53. The van der Waals surface area contributed by atoms with Gasteiger partial charge in [-0.1, -0.05) is 43.5 Å². The van der Waals surface area contributed by atoms with Gasteiger partial charge < -0.3 is 10.6 Å². The van der Waals surface area contributed by atoms with Gasteiger partial charge in [-0.3, -0.25) is 9.71 Å². The Morgan fingerprint density at radius 3 is 2.52 bits per heavy atom. The number of para-hydroxylation sites is 1. The van der Waals surface area contributed by atoms with Crippen LogP contribution in [0.25, 0.3) is 0 Å². The lowest BCUT2D eigenvalue weighted by atomic mass is 9.73. The Bertz CT molecular complexity index is 918. The molecule has 0 amide bonds. The van der Waals surface area contributed by atoms with Crippen LogP contribution in [0.3, 0.4) is 0 Å². The van der Waals surface area contributed by atoms with Gasteiger partial charge >= 0.3 is 0 Å². The fraction of sp³-hybridized carbons (Fsp3) is 0.476. The SMILES string of the molecule is CN=C(NCc1ccccc1NS(C)(=O)=O)NCC1(c2cccs2)CCCCC1. The predicted octanol–water partition coefficient (Wildman–Crippen LogP) is 3.69. The Balaban J connectivity index is 1.64. The van der Waals surface area contributed by atoms with Crippen LogP contribution >= 0.6 is 11.3 Å². The number of guanidine groups is 1. The van der Waals surface area contributed by atoms with Crippen LogP contribution < -0.4 is 15.4 Å². The molecule has 1 fully saturated rings. The molecular weight excluding hydrogens is 404 g/mol. The fourth-order valence-electron chi connectivity index (χ4n) is 3.95. The van der Waals surface area contributed by atoms with Gasteiger partial charge in [-0.25, -0.2) is 8.42 Å². The molecule has 0 radical (unpaired) electrons. The highest BCUT2D eigenvalue weighted by atomic mass is 32.2. The van der Waals surface area contributed by atoms with Crippen molar-refractivity contribution in [3.05, 3.63) is 52.2 Å². The van der Waals surface area contributed by atoms with Gasteiger partial charge in [0, 0.05) is 30.4 Å². The first-order chi connectivity index (χ1) is 13.9. The average molecular weight is 435 g/mol. The average Bonchev–Trinajstić information content (AvgIpc) is 3.24. The lowest BCUT2D eigenvalue weighted by Gasteiger charge is -2.37. The Morgan fingerprint density at radius 1 is 1.10 bits per heavy atom. The highest BCUT2D eigenvalue weighted by Gasteiger charge is 2.34. The number of sulfonamides is 1. The van der Waals surface area contributed by atoms with Crippen molar-refractivity contribution in [3.63, 3.8) is 0 Å². The van der Waals surface area contributed by atoms with Gasteiger partial charge in [0.15, 0.2) is 5.96 Å². The van der Waals surface area contributed by atoms with Crippen molar-refractivity contribution in [2.75, 3.05) is 24.6 Å². The van der Waals surface area contributed by atoms with E-state index in [2.05, 4.69) is 37.9 Å². The van der Waals surface area contributed by atoms with Crippen molar-refractivity contribution in [1.29, 1.82) is 0 Å². The molecule has 1 aromatic carbocycles. The molecule has 0 unspecified atom stereocenters. The molecule has 0 bridgehead atoms. The monoisotopic (exact) mass is 434 g/mol. The molecule has 0 atom stereocenters. The van der Waals surface area contributed by atoms with E-state index in [0.717, 1.165) is 24.3 Å². The molecule has 29 heavy (non-hydrogen) atoms. The number of anilines is 1. The number of nitrogens with zero attached hydrogens (tertiary/aromatic N) is 1. The second-order valence-electron chi connectivity index (χ2n) is 7.63. The predicted molar refractivity (Wildman–Crippen MR) is 122 cm³/mol. The van der Waals surface area contributed by atoms with Gasteiger partial charge in [-0.05, 0) is 35.9 Å². The van der Waals surface area contributed by atoms with Crippen LogP contribution in [0.4, 0.5) is 5.69 Å². The molecule has 1 saturated carbocycles. The summed E-state index contributed by atoms with van der Waals surface area (Å²) in [4.78, 5) is 5.81. The van der Waals surface area contributed by atoms with Gasteiger partial charge in [0.1, 0.15) is 0 Å². The Labute approximate surface area is 177 Å². The van der Waals surface area contributed by atoms with E-state index >= 15 is 0 Å². The third kappa shape index (κ3) is 5.96. The van der Waals surface area contributed by atoms with Crippen molar-refractivity contribution in [1.82, 2.24) is 10.6 Å². The largest absolute Gasteiger partial charge is 0.355 e. The van der Waals surface area contributed by atoms with Gasteiger partial charge in [0.25, 0.3) is 0 Å². The van der Waals surface area contributed by atoms with Crippen LogP contribution in [0.2, 0.25) is 0 Å². The van der Waals surface area contributed by atoms with E-state index in [0.29, 0.717) is 12.2 Å². The number of thiophene rings is 1. The molecular formula is C21H30N4O2S2. The standard InChI is InChI=1S/C21H30N4O2S2/c1-22-20(23-15-17-9-4-5-10-18(17)25-29(2,26)27)24-16-21(12-6-3-7-13-21)19-11-8-14-28-19/h4-5,8-11,14,25H,3,6-7,12-13,15-16H2,1-2H3,(H2,22,23,24).